The Kier molecular flexibility index (Phi) is 5.58. The predicted octanol–water partition coefficient (Wildman–Crippen LogP) is 1.65. The molecule has 6 heteroatoms. The lowest BCUT2D eigenvalue weighted by Gasteiger charge is -2.38. The first kappa shape index (κ1) is 17.0. The number of ether oxygens (including phenoxy) is 2. The third-order valence-corrected chi connectivity index (χ3v) is 5.09. The number of hydrogen-bond acceptors (Lipinski definition) is 5. The average Bonchev–Trinajstić information content (AvgIpc) is 2.63. The second-order valence-electron chi connectivity index (χ2n) is 6.58. The molecule has 1 saturated heterocycles. The summed E-state index contributed by atoms with van der Waals surface area (Å²) in [5.41, 5.74) is 6.94. The Balaban J connectivity index is 1.51. The van der Waals surface area contributed by atoms with Crippen LogP contribution in [-0.2, 0) is 4.74 Å². The summed E-state index contributed by atoms with van der Waals surface area (Å²) < 4.78 is 10.6. The van der Waals surface area contributed by atoms with Crippen molar-refractivity contribution in [1.82, 2.24) is 10.2 Å². The summed E-state index contributed by atoms with van der Waals surface area (Å²) in [7, 11) is 1.56. The van der Waals surface area contributed by atoms with Crippen molar-refractivity contribution in [2.24, 2.45) is 0 Å². The van der Waals surface area contributed by atoms with Crippen LogP contribution in [0.5, 0.6) is 5.75 Å². The van der Waals surface area contributed by atoms with Crippen molar-refractivity contribution in [3.63, 3.8) is 0 Å². The van der Waals surface area contributed by atoms with Gasteiger partial charge in [-0.15, -0.1) is 0 Å². The molecule has 0 bridgehead atoms. The lowest BCUT2D eigenvalue weighted by atomic mass is 9.89. The molecule has 1 aromatic carbocycles. The van der Waals surface area contributed by atoms with E-state index in [1.807, 2.05) is 0 Å². The van der Waals surface area contributed by atoms with Crippen molar-refractivity contribution in [3.8, 4) is 5.75 Å². The Bertz CT molecular complexity index is 565. The van der Waals surface area contributed by atoms with Crippen LogP contribution >= 0.6 is 0 Å². The summed E-state index contributed by atoms with van der Waals surface area (Å²) in [5.74, 6) is 0.488. The van der Waals surface area contributed by atoms with Crippen molar-refractivity contribution in [3.05, 3.63) is 23.8 Å². The quantitative estimate of drug-likeness (QED) is 0.820. The zero-order chi connectivity index (χ0) is 16.9. The van der Waals surface area contributed by atoms with Crippen molar-refractivity contribution in [1.29, 1.82) is 0 Å². The molecule has 3 N–H and O–H groups in total. The highest BCUT2D eigenvalue weighted by atomic mass is 16.5. The zero-order valence-electron chi connectivity index (χ0n) is 14.3. The summed E-state index contributed by atoms with van der Waals surface area (Å²) in [5, 5.41) is 3.15. The molecule has 24 heavy (non-hydrogen) atoms. The van der Waals surface area contributed by atoms with Crippen LogP contribution < -0.4 is 15.8 Å². The van der Waals surface area contributed by atoms with Crippen LogP contribution in [0.2, 0.25) is 0 Å². The first-order chi connectivity index (χ1) is 11.7. The average molecular weight is 333 g/mol. The minimum atomic E-state index is -0.0527. The van der Waals surface area contributed by atoms with Gasteiger partial charge in [-0.2, -0.15) is 0 Å². The van der Waals surface area contributed by atoms with Gasteiger partial charge in [0.2, 0.25) is 0 Å². The monoisotopic (exact) mass is 333 g/mol. The van der Waals surface area contributed by atoms with E-state index in [4.69, 9.17) is 15.2 Å². The number of rotatable bonds is 4. The van der Waals surface area contributed by atoms with Gasteiger partial charge in [0.15, 0.2) is 0 Å². The molecule has 3 rings (SSSR count). The lowest BCUT2D eigenvalue weighted by molar-refractivity contribution is 0.00665. The summed E-state index contributed by atoms with van der Waals surface area (Å²) in [6, 6.07) is 6.04. The summed E-state index contributed by atoms with van der Waals surface area (Å²) in [6.45, 7) is 3.76. The molecule has 0 unspecified atom stereocenters. The number of amides is 1. The molecule has 0 spiro atoms. The van der Waals surface area contributed by atoms with Crippen molar-refractivity contribution in [2.45, 2.75) is 37.8 Å². The molecule has 1 heterocycles. The van der Waals surface area contributed by atoms with Gasteiger partial charge in [0.05, 0.1) is 26.0 Å². The highest BCUT2D eigenvalue weighted by Gasteiger charge is 2.27. The van der Waals surface area contributed by atoms with Crippen LogP contribution in [-0.4, -0.2) is 56.3 Å². The second-order valence-corrected chi connectivity index (χ2v) is 6.58. The van der Waals surface area contributed by atoms with Crippen molar-refractivity contribution in [2.75, 3.05) is 39.1 Å². The molecule has 1 amide bonds. The zero-order valence-corrected chi connectivity index (χ0v) is 14.3. The standard InChI is InChI=1S/C18H27N3O3/c1-23-17-12-13(2-7-16(17)19)18(22)20-14-3-5-15(6-4-14)21-8-10-24-11-9-21/h2,7,12,14-15H,3-6,8-11,19H2,1H3,(H,20,22)/t14-,15-. The molecule has 2 aliphatic rings. The number of nitrogens with two attached hydrogens (primary N) is 1. The minimum Gasteiger partial charge on any atom is -0.495 e. The third kappa shape index (κ3) is 3.99. The first-order valence-electron chi connectivity index (χ1n) is 8.73. The highest BCUT2D eigenvalue weighted by Crippen LogP contribution is 2.25. The summed E-state index contributed by atoms with van der Waals surface area (Å²) in [4.78, 5) is 15.0. The molecule has 1 aromatic rings. The van der Waals surface area contributed by atoms with E-state index in [0.717, 1.165) is 52.0 Å². The molecule has 1 aliphatic heterocycles. The molecule has 0 radical (unpaired) electrons. The number of nitrogen functional groups attached to an aromatic ring is 1. The Morgan fingerprint density at radius 2 is 1.96 bits per heavy atom. The predicted molar refractivity (Wildman–Crippen MR) is 93.3 cm³/mol. The van der Waals surface area contributed by atoms with Gasteiger partial charge in [-0.1, -0.05) is 0 Å². The van der Waals surface area contributed by atoms with E-state index in [1.54, 1.807) is 25.3 Å². The van der Waals surface area contributed by atoms with E-state index in [2.05, 4.69) is 10.2 Å². The Morgan fingerprint density at radius 1 is 1.25 bits per heavy atom. The van der Waals surface area contributed by atoms with Gasteiger partial charge >= 0.3 is 0 Å². The molecule has 1 saturated carbocycles. The van der Waals surface area contributed by atoms with E-state index in [0.29, 0.717) is 23.0 Å². The minimum absolute atomic E-state index is 0.0527. The van der Waals surface area contributed by atoms with Gasteiger partial charge < -0.3 is 20.5 Å². The number of hydrogen-bond donors (Lipinski definition) is 2. The Morgan fingerprint density at radius 3 is 2.62 bits per heavy atom. The van der Waals surface area contributed by atoms with E-state index >= 15 is 0 Å². The Labute approximate surface area is 143 Å². The number of nitrogens with zero attached hydrogens (tertiary/aromatic N) is 1. The third-order valence-electron chi connectivity index (χ3n) is 5.09. The largest absolute Gasteiger partial charge is 0.495 e. The maximum atomic E-state index is 12.4. The maximum Gasteiger partial charge on any atom is 0.251 e. The molecule has 0 aromatic heterocycles. The van der Waals surface area contributed by atoms with Crippen LogP contribution in [0.25, 0.3) is 0 Å². The van der Waals surface area contributed by atoms with Gasteiger partial charge in [0.1, 0.15) is 5.75 Å². The van der Waals surface area contributed by atoms with Gasteiger partial charge in [0.25, 0.3) is 5.91 Å². The number of morpholine rings is 1. The van der Waals surface area contributed by atoms with Crippen molar-refractivity contribution >= 4 is 11.6 Å². The van der Waals surface area contributed by atoms with Crippen LogP contribution in [0.3, 0.4) is 0 Å². The number of carbonyl (C=O) groups excluding carboxylic acids is 1. The van der Waals surface area contributed by atoms with E-state index < -0.39 is 0 Å². The first-order valence-corrected chi connectivity index (χ1v) is 8.73. The van der Waals surface area contributed by atoms with Crippen LogP contribution in [0.1, 0.15) is 36.0 Å². The molecule has 6 nitrogen and oxygen atoms in total. The normalized spacial score (nSPS) is 25.2. The van der Waals surface area contributed by atoms with Crippen molar-refractivity contribution < 1.29 is 14.3 Å². The fraction of sp³-hybridized carbons (Fsp3) is 0.611. The smallest absolute Gasteiger partial charge is 0.251 e. The van der Waals surface area contributed by atoms with E-state index in [-0.39, 0.29) is 11.9 Å². The molecular formula is C18H27N3O3. The number of benzene rings is 1. The topological polar surface area (TPSA) is 76.8 Å². The van der Waals surface area contributed by atoms with Gasteiger partial charge in [-0.3, -0.25) is 9.69 Å². The lowest BCUT2D eigenvalue weighted by Crippen LogP contribution is -2.47. The fourth-order valence-electron chi connectivity index (χ4n) is 3.65. The Hall–Kier alpha value is -1.79. The van der Waals surface area contributed by atoms with Crippen LogP contribution in [0.4, 0.5) is 5.69 Å². The van der Waals surface area contributed by atoms with Gasteiger partial charge in [-0.05, 0) is 43.9 Å². The molecule has 132 valence electrons. The number of anilines is 1. The molecule has 0 atom stereocenters. The number of nitrogens with one attached hydrogen (secondary N) is 1. The van der Waals surface area contributed by atoms with Crippen LogP contribution in [0, 0.1) is 0 Å². The molecule has 1 aliphatic carbocycles. The number of carbonyl (C=O) groups is 1. The second kappa shape index (κ2) is 7.85. The highest BCUT2D eigenvalue weighted by molar-refractivity contribution is 5.95. The fourth-order valence-corrected chi connectivity index (χ4v) is 3.65. The maximum absolute atomic E-state index is 12.4. The van der Waals surface area contributed by atoms with Gasteiger partial charge in [0, 0.05) is 30.7 Å². The van der Waals surface area contributed by atoms with E-state index in [9.17, 15) is 4.79 Å². The molecule has 2 fully saturated rings. The van der Waals surface area contributed by atoms with E-state index in [1.165, 1.54) is 0 Å². The summed E-state index contributed by atoms with van der Waals surface area (Å²) in [6.07, 6.45) is 4.33. The summed E-state index contributed by atoms with van der Waals surface area (Å²) >= 11 is 0. The molecular weight excluding hydrogens is 306 g/mol. The number of methoxy groups -OCH3 is 1. The van der Waals surface area contributed by atoms with Crippen LogP contribution in [0.15, 0.2) is 18.2 Å². The SMILES string of the molecule is COc1cc(C(=O)N[C@H]2CC[C@H](N3CCOCC3)CC2)ccc1N. The van der Waals surface area contributed by atoms with Gasteiger partial charge in [-0.25, -0.2) is 0 Å².